The van der Waals surface area contributed by atoms with E-state index < -0.39 is 6.04 Å². The number of urea groups is 1. The van der Waals surface area contributed by atoms with Crippen LogP contribution in [0.3, 0.4) is 0 Å². The maximum absolute atomic E-state index is 13.0. The van der Waals surface area contributed by atoms with Gasteiger partial charge in [0.1, 0.15) is 0 Å². The number of carbonyl (C=O) groups is 2. The Balaban J connectivity index is 1.63. The highest BCUT2D eigenvalue weighted by atomic mass is 35.5. The van der Waals surface area contributed by atoms with E-state index in [-0.39, 0.29) is 11.9 Å². The second-order valence-corrected chi connectivity index (χ2v) is 6.56. The number of amides is 3. The van der Waals surface area contributed by atoms with Crippen molar-refractivity contribution in [1.29, 1.82) is 0 Å². The first-order valence-electron chi connectivity index (χ1n) is 8.01. The Hall–Kier alpha value is -2.79. The molecule has 2 N–H and O–H groups in total. The molecule has 1 unspecified atom stereocenters. The van der Waals surface area contributed by atoms with Crippen molar-refractivity contribution in [2.45, 2.75) is 12.6 Å². The fourth-order valence-corrected chi connectivity index (χ4v) is 3.39. The molecule has 2 aromatic rings. The molecule has 2 aromatic carbocycles. The maximum atomic E-state index is 13.0. The van der Waals surface area contributed by atoms with Crippen LogP contribution in [0.1, 0.15) is 17.2 Å². The summed E-state index contributed by atoms with van der Waals surface area (Å²) >= 11 is 5.95. The molecule has 5 nitrogen and oxygen atoms in total. The average Bonchev–Trinajstić information content (AvgIpc) is 2.91. The number of rotatable bonds is 3. The minimum Gasteiger partial charge on any atom is -0.329 e. The number of nitrogens with one attached hydrogen (secondary N) is 2. The third kappa shape index (κ3) is 2.98. The fraction of sp³-hybridized carbons (Fsp3) is 0.158. The lowest BCUT2D eigenvalue weighted by Gasteiger charge is -2.25. The average molecular weight is 354 g/mol. The Morgan fingerprint density at radius 3 is 2.48 bits per heavy atom. The first-order valence-corrected chi connectivity index (χ1v) is 8.39. The van der Waals surface area contributed by atoms with Gasteiger partial charge in [0.25, 0.3) is 5.91 Å². The third-order valence-corrected chi connectivity index (χ3v) is 4.69. The minimum absolute atomic E-state index is 0.0636. The van der Waals surface area contributed by atoms with Gasteiger partial charge in [-0.3, -0.25) is 4.79 Å². The summed E-state index contributed by atoms with van der Waals surface area (Å²) < 4.78 is 0. The van der Waals surface area contributed by atoms with Gasteiger partial charge in [-0.05, 0) is 23.3 Å². The Bertz CT molecular complexity index is 862. The fourth-order valence-electron chi connectivity index (χ4n) is 3.26. The molecule has 1 atom stereocenters. The Morgan fingerprint density at radius 1 is 1.04 bits per heavy atom. The summed E-state index contributed by atoms with van der Waals surface area (Å²) in [6.07, 6.45) is 0. The van der Waals surface area contributed by atoms with E-state index in [1.165, 1.54) is 0 Å². The second kappa shape index (κ2) is 6.26. The molecule has 2 heterocycles. The van der Waals surface area contributed by atoms with Crippen molar-refractivity contribution < 1.29 is 9.59 Å². The van der Waals surface area contributed by atoms with E-state index in [0.29, 0.717) is 29.4 Å². The van der Waals surface area contributed by atoms with E-state index in [4.69, 9.17) is 11.6 Å². The van der Waals surface area contributed by atoms with Gasteiger partial charge in [0.2, 0.25) is 0 Å². The molecule has 0 fully saturated rings. The number of halogens is 1. The smallest absolute Gasteiger partial charge is 0.319 e. The van der Waals surface area contributed by atoms with Crippen molar-refractivity contribution in [1.82, 2.24) is 15.5 Å². The molecule has 0 radical (unpaired) electrons. The van der Waals surface area contributed by atoms with Crippen molar-refractivity contribution in [2.75, 3.05) is 6.54 Å². The highest BCUT2D eigenvalue weighted by Gasteiger charge is 2.40. The van der Waals surface area contributed by atoms with Gasteiger partial charge in [0, 0.05) is 11.6 Å². The van der Waals surface area contributed by atoms with Gasteiger partial charge in [-0.2, -0.15) is 0 Å². The zero-order valence-corrected chi connectivity index (χ0v) is 14.1. The van der Waals surface area contributed by atoms with E-state index in [0.717, 1.165) is 11.1 Å². The highest BCUT2D eigenvalue weighted by Crippen LogP contribution is 2.33. The van der Waals surface area contributed by atoms with Crippen molar-refractivity contribution in [3.8, 4) is 0 Å². The van der Waals surface area contributed by atoms with Crippen LogP contribution in [0, 0.1) is 0 Å². The molecule has 2 aliphatic rings. The van der Waals surface area contributed by atoms with Gasteiger partial charge in [-0.25, -0.2) is 4.79 Å². The number of carbonyl (C=O) groups excluding carboxylic acids is 2. The molecule has 3 amide bonds. The summed E-state index contributed by atoms with van der Waals surface area (Å²) in [5.74, 6) is -0.0636. The van der Waals surface area contributed by atoms with Crippen molar-refractivity contribution in [2.24, 2.45) is 0 Å². The normalized spacial score (nSPS) is 19.6. The van der Waals surface area contributed by atoms with Crippen LogP contribution < -0.4 is 10.6 Å². The first-order chi connectivity index (χ1) is 12.1. The minimum atomic E-state index is -0.464. The Kier molecular flexibility index (Phi) is 3.93. The van der Waals surface area contributed by atoms with Crippen LogP contribution in [-0.2, 0) is 11.3 Å². The van der Waals surface area contributed by atoms with Crippen LogP contribution in [0.15, 0.2) is 65.9 Å². The lowest BCUT2D eigenvalue weighted by Crippen LogP contribution is -2.44. The summed E-state index contributed by atoms with van der Waals surface area (Å²) in [6, 6.07) is 16.2. The predicted molar refractivity (Wildman–Crippen MR) is 94.7 cm³/mol. The van der Waals surface area contributed by atoms with Gasteiger partial charge >= 0.3 is 6.03 Å². The van der Waals surface area contributed by atoms with E-state index in [9.17, 15) is 9.59 Å². The standard InChI is InChI=1S/C19H16ClN3O2/c20-14-8-6-13(7-9-14)17-16-15(21-19(25)22-17)11-23(18(16)24)10-12-4-2-1-3-5-12/h1-9,17H,10-11H2,(H2,21,22,25). The zero-order valence-electron chi connectivity index (χ0n) is 13.3. The third-order valence-electron chi connectivity index (χ3n) is 4.44. The number of hydrogen-bond donors (Lipinski definition) is 2. The molecule has 25 heavy (non-hydrogen) atoms. The molecule has 0 bridgehead atoms. The van der Waals surface area contributed by atoms with Gasteiger partial charge in [0.15, 0.2) is 0 Å². The molecule has 0 aromatic heterocycles. The lowest BCUT2D eigenvalue weighted by atomic mass is 9.96. The summed E-state index contributed by atoms with van der Waals surface area (Å²) in [4.78, 5) is 26.7. The molecule has 0 aliphatic carbocycles. The molecular formula is C19H16ClN3O2. The van der Waals surface area contributed by atoms with E-state index in [1.54, 1.807) is 17.0 Å². The van der Waals surface area contributed by atoms with Crippen LogP contribution in [0.2, 0.25) is 5.02 Å². The zero-order chi connectivity index (χ0) is 17.4. The lowest BCUT2D eigenvalue weighted by molar-refractivity contribution is -0.126. The topological polar surface area (TPSA) is 61.4 Å². The molecule has 0 spiro atoms. The van der Waals surface area contributed by atoms with Gasteiger partial charge in [-0.15, -0.1) is 0 Å². The predicted octanol–water partition coefficient (Wildman–Crippen LogP) is 2.99. The van der Waals surface area contributed by atoms with Crippen LogP contribution in [-0.4, -0.2) is 23.4 Å². The summed E-state index contributed by atoms with van der Waals surface area (Å²) in [6.45, 7) is 0.913. The summed E-state index contributed by atoms with van der Waals surface area (Å²) in [5, 5.41) is 6.23. The monoisotopic (exact) mass is 353 g/mol. The van der Waals surface area contributed by atoms with Crippen LogP contribution >= 0.6 is 11.6 Å². The quantitative estimate of drug-likeness (QED) is 0.891. The van der Waals surface area contributed by atoms with Crippen molar-refractivity contribution in [3.05, 3.63) is 82.0 Å². The summed E-state index contributed by atoms with van der Waals surface area (Å²) in [7, 11) is 0. The molecule has 0 saturated carbocycles. The number of benzene rings is 2. The van der Waals surface area contributed by atoms with E-state index >= 15 is 0 Å². The van der Waals surface area contributed by atoms with Crippen LogP contribution in [0.5, 0.6) is 0 Å². The maximum Gasteiger partial charge on any atom is 0.319 e. The molecule has 2 aliphatic heterocycles. The second-order valence-electron chi connectivity index (χ2n) is 6.12. The SMILES string of the molecule is O=C1NC2=C(C(=O)N(Cc3ccccc3)C2)C(c2ccc(Cl)cc2)N1. The molecule has 0 saturated heterocycles. The van der Waals surface area contributed by atoms with Crippen LogP contribution in [0.4, 0.5) is 4.79 Å². The Morgan fingerprint density at radius 2 is 1.76 bits per heavy atom. The van der Waals surface area contributed by atoms with Crippen LogP contribution in [0.25, 0.3) is 0 Å². The number of nitrogens with zero attached hydrogens (tertiary/aromatic N) is 1. The molecule has 4 rings (SSSR count). The first kappa shape index (κ1) is 15.7. The van der Waals surface area contributed by atoms with Gasteiger partial charge in [-0.1, -0.05) is 54.1 Å². The largest absolute Gasteiger partial charge is 0.329 e. The number of hydrogen-bond acceptors (Lipinski definition) is 2. The van der Waals surface area contributed by atoms with Crippen molar-refractivity contribution in [3.63, 3.8) is 0 Å². The summed E-state index contributed by atoms with van der Waals surface area (Å²) in [5.41, 5.74) is 3.15. The molecular weight excluding hydrogens is 338 g/mol. The molecule has 126 valence electrons. The molecule has 6 heteroatoms. The Labute approximate surface area is 150 Å². The van der Waals surface area contributed by atoms with Gasteiger partial charge in [0.05, 0.1) is 23.9 Å². The van der Waals surface area contributed by atoms with E-state index in [2.05, 4.69) is 10.6 Å². The van der Waals surface area contributed by atoms with Gasteiger partial charge < -0.3 is 15.5 Å². The highest BCUT2D eigenvalue weighted by molar-refractivity contribution is 6.30. The van der Waals surface area contributed by atoms with E-state index in [1.807, 2.05) is 42.5 Å². The van der Waals surface area contributed by atoms with Crippen molar-refractivity contribution >= 4 is 23.5 Å².